The van der Waals surface area contributed by atoms with Gasteiger partial charge in [-0.3, -0.25) is 9.59 Å². The van der Waals surface area contributed by atoms with Crippen LogP contribution in [0.4, 0.5) is 0 Å². The van der Waals surface area contributed by atoms with Crippen molar-refractivity contribution in [3.05, 3.63) is 52.0 Å². The number of carbonyl (C=O) groups excluding carboxylic acids is 1. The van der Waals surface area contributed by atoms with Gasteiger partial charge in [-0.15, -0.1) is 0 Å². The summed E-state index contributed by atoms with van der Waals surface area (Å²) in [5, 5.41) is 7.67. The minimum absolute atomic E-state index is 0.0100. The maximum Gasteiger partial charge on any atom is 0.289 e. The molecule has 1 N–H and O–H groups in total. The summed E-state index contributed by atoms with van der Waals surface area (Å²) < 4.78 is 1.68. The molecule has 0 atom stereocenters. The molecule has 1 saturated carbocycles. The van der Waals surface area contributed by atoms with E-state index in [0.29, 0.717) is 0 Å². The van der Waals surface area contributed by atoms with Crippen molar-refractivity contribution in [1.29, 1.82) is 0 Å². The van der Waals surface area contributed by atoms with Crippen molar-refractivity contribution >= 4 is 5.91 Å². The molecular formula is C19H23N5O2. The van der Waals surface area contributed by atoms with E-state index in [1.165, 1.54) is 0 Å². The molecule has 7 nitrogen and oxygen atoms in total. The molecule has 2 aliphatic carbocycles. The van der Waals surface area contributed by atoms with Crippen molar-refractivity contribution in [3.8, 4) is 0 Å². The van der Waals surface area contributed by atoms with Crippen LogP contribution in [0.5, 0.6) is 0 Å². The van der Waals surface area contributed by atoms with Crippen molar-refractivity contribution in [2.45, 2.75) is 63.5 Å². The number of aromatic nitrogens is 4. The van der Waals surface area contributed by atoms with Crippen LogP contribution in [0.25, 0.3) is 0 Å². The van der Waals surface area contributed by atoms with Gasteiger partial charge in [0.25, 0.3) is 11.5 Å². The average molecular weight is 353 g/mol. The number of nitrogens with zero attached hydrogens (tertiary/aromatic N) is 4. The lowest BCUT2D eigenvalue weighted by atomic mass is 9.91. The van der Waals surface area contributed by atoms with Gasteiger partial charge in [0.2, 0.25) is 5.82 Å². The van der Waals surface area contributed by atoms with E-state index in [4.69, 9.17) is 0 Å². The molecule has 2 heterocycles. The molecule has 2 aliphatic rings. The summed E-state index contributed by atoms with van der Waals surface area (Å²) >= 11 is 0. The molecule has 7 heteroatoms. The van der Waals surface area contributed by atoms with E-state index < -0.39 is 0 Å². The maximum absolute atomic E-state index is 12.4. The molecule has 0 aromatic carbocycles. The molecule has 1 fully saturated rings. The van der Waals surface area contributed by atoms with Crippen molar-refractivity contribution in [2.75, 3.05) is 0 Å². The quantitative estimate of drug-likeness (QED) is 0.909. The second kappa shape index (κ2) is 7.35. The SMILES string of the molecule is O=C(NC1CCC(n2nc3c(cc2=O)CCCC3)CC1)c1ncccn1. The minimum Gasteiger partial charge on any atom is -0.347 e. The predicted octanol–water partition coefficient (Wildman–Crippen LogP) is 1.83. The van der Waals surface area contributed by atoms with Crippen molar-refractivity contribution < 1.29 is 4.79 Å². The molecule has 0 radical (unpaired) electrons. The highest BCUT2D eigenvalue weighted by atomic mass is 16.2. The molecule has 0 saturated heterocycles. The minimum atomic E-state index is -0.238. The molecule has 2 aromatic heterocycles. The summed E-state index contributed by atoms with van der Waals surface area (Å²) in [7, 11) is 0. The van der Waals surface area contributed by atoms with Gasteiger partial charge >= 0.3 is 0 Å². The Balaban J connectivity index is 1.39. The molecule has 2 aromatic rings. The molecule has 136 valence electrons. The molecule has 0 bridgehead atoms. The third kappa shape index (κ3) is 3.52. The molecule has 0 unspecified atom stereocenters. The number of fused-ring (bicyclic) bond motifs is 1. The highest BCUT2D eigenvalue weighted by Gasteiger charge is 2.26. The largest absolute Gasteiger partial charge is 0.347 e. The summed E-state index contributed by atoms with van der Waals surface area (Å²) in [5.74, 6) is -0.0414. The number of amides is 1. The van der Waals surface area contributed by atoms with E-state index in [9.17, 15) is 9.59 Å². The Morgan fingerprint density at radius 1 is 1.08 bits per heavy atom. The van der Waals surface area contributed by atoms with E-state index >= 15 is 0 Å². The maximum atomic E-state index is 12.4. The summed E-state index contributed by atoms with van der Waals surface area (Å²) in [6.07, 6.45) is 10.7. The van der Waals surface area contributed by atoms with Crippen molar-refractivity contribution in [3.63, 3.8) is 0 Å². The van der Waals surface area contributed by atoms with Gasteiger partial charge in [0.05, 0.1) is 11.7 Å². The molecule has 1 amide bonds. The number of aryl methyl sites for hydroxylation is 2. The van der Waals surface area contributed by atoms with Gasteiger partial charge in [-0.25, -0.2) is 14.6 Å². The Morgan fingerprint density at radius 2 is 1.81 bits per heavy atom. The highest BCUT2D eigenvalue weighted by Crippen LogP contribution is 2.28. The standard InChI is InChI=1S/C19H23N5O2/c25-17-12-13-4-1-2-5-16(13)23-24(17)15-8-6-14(7-9-15)22-19(26)18-20-10-3-11-21-18/h3,10-12,14-15H,1-2,4-9H2,(H,22,26). The lowest BCUT2D eigenvalue weighted by molar-refractivity contribution is 0.0910. The summed E-state index contributed by atoms with van der Waals surface area (Å²) in [5.41, 5.74) is 2.23. The molecule has 26 heavy (non-hydrogen) atoms. The zero-order valence-electron chi connectivity index (χ0n) is 14.7. The first-order chi connectivity index (χ1) is 12.7. The second-order valence-electron chi connectivity index (χ2n) is 7.16. The number of nitrogens with one attached hydrogen (secondary N) is 1. The van der Waals surface area contributed by atoms with Crippen LogP contribution in [0.3, 0.4) is 0 Å². The van der Waals surface area contributed by atoms with Crippen LogP contribution in [-0.4, -0.2) is 31.7 Å². The molecule has 0 spiro atoms. The number of hydrogen-bond donors (Lipinski definition) is 1. The van der Waals surface area contributed by atoms with Crippen LogP contribution in [-0.2, 0) is 12.8 Å². The summed E-state index contributed by atoms with van der Waals surface area (Å²) in [6.45, 7) is 0. The number of hydrogen-bond acceptors (Lipinski definition) is 5. The fourth-order valence-corrected chi connectivity index (χ4v) is 3.97. The van der Waals surface area contributed by atoms with Crippen LogP contribution >= 0.6 is 0 Å². The van der Waals surface area contributed by atoms with Crippen LogP contribution in [0, 0.1) is 0 Å². The number of rotatable bonds is 3. The van der Waals surface area contributed by atoms with Crippen molar-refractivity contribution in [2.24, 2.45) is 0 Å². The van der Waals surface area contributed by atoms with E-state index in [-0.39, 0.29) is 29.4 Å². The summed E-state index contributed by atoms with van der Waals surface area (Å²) in [6, 6.07) is 3.68. The Bertz CT molecular complexity index is 841. The Hall–Kier alpha value is -2.57. The smallest absolute Gasteiger partial charge is 0.289 e. The van der Waals surface area contributed by atoms with E-state index in [0.717, 1.165) is 62.6 Å². The van der Waals surface area contributed by atoms with Crippen molar-refractivity contribution in [1.82, 2.24) is 25.1 Å². The zero-order valence-corrected chi connectivity index (χ0v) is 14.7. The fraction of sp³-hybridized carbons (Fsp3) is 0.526. The normalized spacial score (nSPS) is 22.5. The lowest BCUT2D eigenvalue weighted by Crippen LogP contribution is -2.40. The van der Waals surface area contributed by atoms with Gasteiger partial charge in [0.15, 0.2) is 0 Å². The Labute approximate surface area is 151 Å². The third-order valence-corrected chi connectivity index (χ3v) is 5.38. The Kier molecular flexibility index (Phi) is 4.77. The Morgan fingerprint density at radius 3 is 2.58 bits per heavy atom. The summed E-state index contributed by atoms with van der Waals surface area (Å²) in [4.78, 5) is 32.6. The molecule has 0 aliphatic heterocycles. The van der Waals surface area contributed by atoms with Gasteiger partial charge in [-0.05, 0) is 63.0 Å². The van der Waals surface area contributed by atoms with Crippen LogP contribution in [0.15, 0.2) is 29.3 Å². The second-order valence-corrected chi connectivity index (χ2v) is 7.16. The number of carbonyl (C=O) groups is 1. The van der Waals surface area contributed by atoms with Gasteiger partial charge in [0, 0.05) is 24.5 Å². The highest BCUT2D eigenvalue weighted by molar-refractivity contribution is 5.90. The van der Waals surface area contributed by atoms with Crippen LogP contribution in [0.1, 0.15) is 66.4 Å². The first-order valence-electron chi connectivity index (χ1n) is 9.40. The monoisotopic (exact) mass is 353 g/mol. The van der Waals surface area contributed by atoms with Gasteiger partial charge in [0.1, 0.15) is 0 Å². The van der Waals surface area contributed by atoms with E-state index in [1.54, 1.807) is 29.2 Å². The molecule has 4 rings (SSSR count). The first kappa shape index (κ1) is 16.9. The predicted molar refractivity (Wildman–Crippen MR) is 95.9 cm³/mol. The van der Waals surface area contributed by atoms with Gasteiger partial charge in [-0.1, -0.05) is 0 Å². The topological polar surface area (TPSA) is 89.8 Å². The first-order valence-corrected chi connectivity index (χ1v) is 9.40. The fourth-order valence-electron chi connectivity index (χ4n) is 3.97. The third-order valence-electron chi connectivity index (χ3n) is 5.38. The van der Waals surface area contributed by atoms with E-state index in [2.05, 4.69) is 20.4 Å². The van der Waals surface area contributed by atoms with Gasteiger partial charge < -0.3 is 5.32 Å². The van der Waals surface area contributed by atoms with E-state index in [1.807, 2.05) is 0 Å². The van der Waals surface area contributed by atoms with Crippen LogP contribution in [0.2, 0.25) is 0 Å². The average Bonchev–Trinajstić information content (AvgIpc) is 2.69. The van der Waals surface area contributed by atoms with Crippen LogP contribution < -0.4 is 10.9 Å². The zero-order chi connectivity index (χ0) is 17.9. The lowest BCUT2D eigenvalue weighted by Gasteiger charge is -2.30. The van der Waals surface area contributed by atoms with Gasteiger partial charge in [-0.2, -0.15) is 5.10 Å². The molecular weight excluding hydrogens is 330 g/mol.